The van der Waals surface area contributed by atoms with Crippen LogP contribution in [0, 0.1) is 5.92 Å². The lowest BCUT2D eigenvalue weighted by molar-refractivity contribution is -0.635. The molecule has 1 aliphatic carbocycles. The third-order valence-corrected chi connectivity index (χ3v) is 4.82. The van der Waals surface area contributed by atoms with E-state index in [9.17, 15) is 0 Å². The minimum Gasteiger partial charge on any atom is -0.434 e. The van der Waals surface area contributed by atoms with Crippen LogP contribution in [0.2, 0.25) is 0 Å². The molecule has 0 amide bonds. The van der Waals surface area contributed by atoms with Gasteiger partial charge in [-0.3, -0.25) is 0 Å². The molecule has 0 aromatic rings. The minimum atomic E-state index is 0.0229. The second-order valence-corrected chi connectivity index (χ2v) is 6.77. The van der Waals surface area contributed by atoms with Gasteiger partial charge in [-0.2, -0.15) is 4.58 Å². The molecule has 2 rings (SSSR count). The predicted octanol–water partition coefficient (Wildman–Crippen LogP) is 3.58. The van der Waals surface area contributed by atoms with E-state index < -0.39 is 0 Å². The molecule has 0 N–H and O–H groups in total. The molecule has 2 atom stereocenters. The highest BCUT2D eigenvalue weighted by Gasteiger charge is 2.64. The molecular weight excluding hydrogens is 210 g/mol. The molecule has 0 unspecified atom stereocenters. The summed E-state index contributed by atoms with van der Waals surface area (Å²) in [4.78, 5) is 0. The summed E-state index contributed by atoms with van der Waals surface area (Å²) >= 11 is 0. The number of fused-ring (bicyclic) bond motifs is 1. The van der Waals surface area contributed by atoms with E-state index in [4.69, 9.17) is 4.74 Å². The Morgan fingerprint density at radius 2 is 1.65 bits per heavy atom. The Labute approximate surface area is 106 Å². The molecule has 2 heteroatoms. The van der Waals surface area contributed by atoms with Crippen molar-refractivity contribution in [3.8, 4) is 0 Å². The zero-order chi connectivity index (χ0) is 12.8. The monoisotopic (exact) mass is 238 g/mol. The molecule has 2 nitrogen and oxygen atoms in total. The van der Waals surface area contributed by atoms with Crippen molar-refractivity contribution in [3.63, 3.8) is 0 Å². The van der Waals surface area contributed by atoms with Gasteiger partial charge >= 0.3 is 5.90 Å². The van der Waals surface area contributed by atoms with E-state index in [-0.39, 0.29) is 11.1 Å². The topological polar surface area (TPSA) is 12.2 Å². The molecular formula is C15H28NO+. The number of nitrogens with zero attached hydrogens (tertiary/aromatic N) is 1. The van der Waals surface area contributed by atoms with Gasteiger partial charge in [0.2, 0.25) is 5.54 Å². The number of hydrogen-bond donors (Lipinski definition) is 0. The standard InChI is InChI=1S/C15H28NO/c1-11(2)13-16(12(3)4)14(5)9-7-8-10-15(14,6)17-13/h11-12H,7-10H2,1-6H3/q+1/t14-,15-/m0/s1. The molecule has 1 saturated carbocycles. The maximum atomic E-state index is 6.43. The fourth-order valence-corrected chi connectivity index (χ4v) is 3.75. The molecule has 0 radical (unpaired) electrons. The Bertz CT molecular complexity index is 345. The van der Waals surface area contributed by atoms with E-state index in [0.717, 1.165) is 0 Å². The van der Waals surface area contributed by atoms with Gasteiger partial charge in [-0.15, -0.1) is 0 Å². The van der Waals surface area contributed by atoms with Crippen LogP contribution in [0.15, 0.2) is 0 Å². The van der Waals surface area contributed by atoms with Crippen molar-refractivity contribution in [1.29, 1.82) is 0 Å². The van der Waals surface area contributed by atoms with Crippen molar-refractivity contribution in [3.05, 3.63) is 0 Å². The van der Waals surface area contributed by atoms with Gasteiger partial charge in [0, 0.05) is 13.3 Å². The molecule has 17 heavy (non-hydrogen) atoms. The third-order valence-electron chi connectivity index (χ3n) is 4.82. The lowest BCUT2D eigenvalue weighted by Gasteiger charge is -2.40. The van der Waals surface area contributed by atoms with Crippen molar-refractivity contribution in [2.24, 2.45) is 5.92 Å². The first-order valence-electron chi connectivity index (χ1n) is 7.17. The Kier molecular flexibility index (Phi) is 3.04. The fraction of sp³-hybridized carbons (Fsp3) is 0.933. The van der Waals surface area contributed by atoms with E-state index in [0.29, 0.717) is 12.0 Å². The van der Waals surface area contributed by atoms with Crippen molar-refractivity contribution in [1.82, 2.24) is 0 Å². The second kappa shape index (κ2) is 4.00. The summed E-state index contributed by atoms with van der Waals surface area (Å²) in [6.07, 6.45) is 5.11. The first-order chi connectivity index (χ1) is 7.82. The smallest absolute Gasteiger partial charge is 0.340 e. The average molecular weight is 238 g/mol. The van der Waals surface area contributed by atoms with Crippen LogP contribution in [0.3, 0.4) is 0 Å². The summed E-state index contributed by atoms with van der Waals surface area (Å²) in [5.41, 5.74) is 0.216. The summed E-state index contributed by atoms with van der Waals surface area (Å²) in [5, 5.41) is 0. The van der Waals surface area contributed by atoms with Crippen molar-refractivity contribution < 1.29 is 9.31 Å². The van der Waals surface area contributed by atoms with Gasteiger partial charge in [-0.25, -0.2) is 0 Å². The average Bonchev–Trinajstić information content (AvgIpc) is 2.46. The van der Waals surface area contributed by atoms with Gasteiger partial charge < -0.3 is 4.74 Å². The Hall–Kier alpha value is -0.530. The van der Waals surface area contributed by atoms with E-state index in [1.807, 2.05) is 0 Å². The van der Waals surface area contributed by atoms with E-state index in [1.165, 1.54) is 31.6 Å². The Morgan fingerprint density at radius 3 is 2.18 bits per heavy atom. The normalized spacial score (nSPS) is 37.6. The van der Waals surface area contributed by atoms with Gasteiger partial charge in [0.1, 0.15) is 0 Å². The number of rotatable bonds is 2. The van der Waals surface area contributed by atoms with E-state index in [1.54, 1.807) is 0 Å². The fourth-order valence-electron chi connectivity index (χ4n) is 3.75. The summed E-state index contributed by atoms with van der Waals surface area (Å²) in [6, 6.07) is 0.525. The molecule has 0 saturated heterocycles. The van der Waals surface area contributed by atoms with E-state index in [2.05, 4.69) is 46.1 Å². The van der Waals surface area contributed by atoms with Gasteiger partial charge in [0.05, 0.1) is 5.92 Å². The van der Waals surface area contributed by atoms with Crippen LogP contribution in [-0.4, -0.2) is 27.7 Å². The highest BCUT2D eigenvalue weighted by Crippen LogP contribution is 2.47. The van der Waals surface area contributed by atoms with Crippen LogP contribution in [-0.2, 0) is 4.74 Å². The van der Waals surface area contributed by atoms with Crippen LogP contribution in [0.1, 0.15) is 67.2 Å². The maximum Gasteiger partial charge on any atom is 0.340 e. The molecule has 2 aliphatic rings. The van der Waals surface area contributed by atoms with Crippen LogP contribution < -0.4 is 0 Å². The van der Waals surface area contributed by atoms with Crippen LogP contribution in [0.4, 0.5) is 0 Å². The third kappa shape index (κ3) is 1.71. The molecule has 0 aromatic heterocycles. The van der Waals surface area contributed by atoms with Gasteiger partial charge in [-0.05, 0) is 53.9 Å². The molecule has 0 spiro atoms. The van der Waals surface area contributed by atoms with Gasteiger partial charge in [0.25, 0.3) is 0 Å². The Morgan fingerprint density at radius 1 is 1.06 bits per heavy atom. The maximum absolute atomic E-state index is 6.43. The van der Waals surface area contributed by atoms with Crippen molar-refractivity contribution in [2.45, 2.75) is 84.4 Å². The van der Waals surface area contributed by atoms with E-state index >= 15 is 0 Å². The van der Waals surface area contributed by atoms with Crippen LogP contribution >= 0.6 is 0 Å². The van der Waals surface area contributed by atoms with Crippen LogP contribution in [0.5, 0.6) is 0 Å². The van der Waals surface area contributed by atoms with Crippen molar-refractivity contribution >= 4 is 5.90 Å². The zero-order valence-electron chi connectivity index (χ0n) is 12.3. The Balaban J connectivity index is 2.49. The molecule has 1 fully saturated rings. The summed E-state index contributed by atoms with van der Waals surface area (Å²) < 4.78 is 9.00. The molecule has 1 aliphatic heterocycles. The summed E-state index contributed by atoms with van der Waals surface area (Å²) in [5.74, 6) is 1.70. The highest BCUT2D eigenvalue weighted by atomic mass is 16.5. The predicted molar refractivity (Wildman–Crippen MR) is 71.6 cm³/mol. The van der Waals surface area contributed by atoms with Gasteiger partial charge in [0.15, 0.2) is 11.6 Å². The zero-order valence-corrected chi connectivity index (χ0v) is 12.3. The molecule has 0 aromatic carbocycles. The summed E-state index contributed by atoms with van der Waals surface area (Å²) in [7, 11) is 0. The minimum absolute atomic E-state index is 0.0229. The van der Waals surface area contributed by atoms with Crippen LogP contribution in [0.25, 0.3) is 0 Å². The molecule has 0 bridgehead atoms. The van der Waals surface area contributed by atoms with Gasteiger partial charge in [-0.1, -0.05) is 0 Å². The van der Waals surface area contributed by atoms with Crippen molar-refractivity contribution in [2.75, 3.05) is 0 Å². The number of ether oxygens (including phenoxy) is 1. The first kappa shape index (κ1) is 12.9. The lowest BCUT2D eigenvalue weighted by atomic mass is 9.71. The largest absolute Gasteiger partial charge is 0.434 e. The lowest BCUT2D eigenvalue weighted by Crippen LogP contribution is -2.56. The first-order valence-corrected chi connectivity index (χ1v) is 7.17. The SMILES string of the molecule is CC(C)C1=[N+](C(C)C)[C@@]2(C)CCCC[C@]2(C)O1. The quantitative estimate of drug-likeness (QED) is 0.670. The second-order valence-electron chi connectivity index (χ2n) is 6.77. The highest BCUT2D eigenvalue weighted by molar-refractivity contribution is 5.75. The molecule has 1 heterocycles. The summed E-state index contributed by atoms with van der Waals surface area (Å²) in [6.45, 7) is 13.8. The number of hydrogen-bond acceptors (Lipinski definition) is 1. The molecule has 98 valence electrons.